The molecule has 0 aliphatic carbocycles. The highest BCUT2D eigenvalue weighted by atomic mass is 16.6. The predicted octanol–water partition coefficient (Wildman–Crippen LogP) is -1.07. The van der Waals surface area contributed by atoms with Crippen LogP contribution in [0, 0.1) is 0 Å². The van der Waals surface area contributed by atoms with Crippen molar-refractivity contribution in [1.29, 1.82) is 0 Å². The van der Waals surface area contributed by atoms with Crippen LogP contribution in [0.4, 0.5) is 0 Å². The van der Waals surface area contributed by atoms with Gasteiger partial charge in [-0.2, -0.15) is 0 Å². The summed E-state index contributed by atoms with van der Waals surface area (Å²) in [6.07, 6.45) is 0. The van der Waals surface area contributed by atoms with Crippen LogP contribution in [-0.4, -0.2) is 24.8 Å². The topological polar surface area (TPSA) is 53.9 Å². The molecule has 7 heavy (non-hydrogen) atoms. The summed E-state index contributed by atoms with van der Waals surface area (Å²) >= 11 is 0. The number of rotatable bonds is 0. The maximum Gasteiger partial charge on any atom is 0.305 e. The molecule has 0 amide bonds. The zero-order valence-corrected chi connectivity index (χ0v) is 3.59. The van der Waals surface area contributed by atoms with Crippen molar-refractivity contribution >= 4 is 13.0 Å². The Kier molecular flexibility index (Phi) is 1.28. The summed E-state index contributed by atoms with van der Waals surface area (Å²) in [5, 5.41) is 13.3. The minimum atomic E-state index is 0.344. The van der Waals surface area contributed by atoms with Gasteiger partial charge in [0, 0.05) is 0 Å². The number of oxime groups is 1. The second kappa shape index (κ2) is 1.95. The first-order valence-corrected chi connectivity index (χ1v) is 1.85. The van der Waals surface area contributed by atoms with Crippen molar-refractivity contribution in [2.75, 3.05) is 6.61 Å². The van der Waals surface area contributed by atoms with Crippen LogP contribution in [-0.2, 0) is 4.84 Å². The fraction of sp³-hybridized carbons (Fsp3) is 0.500. The van der Waals surface area contributed by atoms with Gasteiger partial charge in [-0.15, -0.1) is 5.16 Å². The van der Waals surface area contributed by atoms with Crippen LogP contribution < -0.4 is 5.39 Å². The molecule has 1 aliphatic rings. The molecule has 1 radical (unpaired) electrons. The third-order valence-corrected chi connectivity index (χ3v) is 0.657. The van der Waals surface area contributed by atoms with E-state index in [0.717, 1.165) is 0 Å². The number of hydrogen-bond donors (Lipinski definition) is 2. The molecule has 1 saturated heterocycles. The van der Waals surface area contributed by atoms with Crippen molar-refractivity contribution in [2.45, 2.75) is 0 Å². The third kappa shape index (κ3) is 0.911. The Labute approximate surface area is 41.4 Å². The molecule has 2 N–H and O–H groups in total. The standard InChI is InChI=1S/C2H4BN2O2/c6-4-2-1-7-5-3-2/h5-6H,1H2. The average Bonchev–Trinajstić information content (AvgIpc) is 2.14. The Bertz CT molecular complexity index is 85.7. The van der Waals surface area contributed by atoms with Gasteiger partial charge >= 0.3 is 7.41 Å². The van der Waals surface area contributed by atoms with E-state index < -0.39 is 0 Å². The highest BCUT2D eigenvalue weighted by molar-refractivity contribution is 6.74. The second-order valence-electron chi connectivity index (χ2n) is 1.14. The van der Waals surface area contributed by atoms with Crippen LogP contribution in [0.25, 0.3) is 0 Å². The van der Waals surface area contributed by atoms with Gasteiger partial charge in [-0.1, -0.05) is 0 Å². The Hall–Kier alpha value is -0.545. The molecule has 0 aromatic rings. The SMILES string of the molecule is ON=C1[B]NOC1. The normalized spacial score (nSPS) is 25.4. The van der Waals surface area contributed by atoms with Gasteiger partial charge in [0.2, 0.25) is 0 Å². The summed E-state index contributed by atoms with van der Waals surface area (Å²) in [5.41, 5.74) is 0.514. The van der Waals surface area contributed by atoms with Crippen LogP contribution in [0.2, 0.25) is 0 Å². The molecule has 0 aromatic heterocycles. The Morgan fingerprint density at radius 3 is 3.14 bits per heavy atom. The molecule has 1 heterocycles. The van der Waals surface area contributed by atoms with Gasteiger partial charge in [0.05, 0.1) is 5.61 Å². The summed E-state index contributed by atoms with van der Waals surface area (Å²) in [5.74, 6) is 0. The third-order valence-electron chi connectivity index (χ3n) is 0.657. The molecular formula is C2H4BN2O2. The zero-order chi connectivity index (χ0) is 5.11. The van der Waals surface area contributed by atoms with E-state index in [1.807, 2.05) is 0 Å². The monoisotopic (exact) mass is 99.0 g/mol. The number of nitrogens with one attached hydrogen (secondary N) is 1. The molecule has 0 unspecified atom stereocenters. The predicted molar refractivity (Wildman–Crippen MR) is 24.1 cm³/mol. The van der Waals surface area contributed by atoms with Crippen LogP contribution in [0.5, 0.6) is 0 Å². The minimum absolute atomic E-state index is 0.344. The van der Waals surface area contributed by atoms with Crippen molar-refractivity contribution in [3.8, 4) is 0 Å². The lowest BCUT2D eigenvalue weighted by atomic mass is 9.90. The first-order chi connectivity index (χ1) is 3.43. The van der Waals surface area contributed by atoms with Crippen LogP contribution >= 0.6 is 0 Å². The van der Waals surface area contributed by atoms with Crippen molar-refractivity contribution in [3.63, 3.8) is 0 Å². The fourth-order valence-corrected chi connectivity index (χ4v) is 0.325. The molecule has 1 fully saturated rings. The maximum atomic E-state index is 8.00. The van der Waals surface area contributed by atoms with E-state index in [2.05, 4.69) is 15.4 Å². The van der Waals surface area contributed by atoms with Crippen molar-refractivity contribution in [3.05, 3.63) is 0 Å². The molecule has 0 atom stereocenters. The van der Waals surface area contributed by atoms with E-state index in [-0.39, 0.29) is 0 Å². The van der Waals surface area contributed by atoms with Crippen LogP contribution in [0.15, 0.2) is 5.16 Å². The van der Waals surface area contributed by atoms with Crippen molar-refractivity contribution < 1.29 is 10.0 Å². The first kappa shape index (κ1) is 4.61. The zero-order valence-electron chi connectivity index (χ0n) is 3.59. The maximum absolute atomic E-state index is 8.00. The average molecular weight is 98.9 g/mol. The summed E-state index contributed by atoms with van der Waals surface area (Å²) in [6, 6.07) is 0. The lowest BCUT2D eigenvalue weighted by molar-refractivity contribution is 0.141. The highest BCUT2D eigenvalue weighted by Crippen LogP contribution is 1.81. The lowest BCUT2D eigenvalue weighted by Crippen LogP contribution is -2.12. The largest absolute Gasteiger partial charge is 0.411 e. The van der Waals surface area contributed by atoms with Gasteiger partial charge in [-0.25, -0.2) is 5.39 Å². The molecular weight excluding hydrogens is 94.8 g/mol. The van der Waals surface area contributed by atoms with Crippen molar-refractivity contribution in [2.24, 2.45) is 5.16 Å². The van der Waals surface area contributed by atoms with Gasteiger partial charge < -0.3 is 10.0 Å². The summed E-state index contributed by atoms with van der Waals surface area (Å²) < 4.78 is 0. The molecule has 1 rings (SSSR count). The lowest BCUT2D eigenvalue weighted by Gasteiger charge is -1.80. The molecule has 4 nitrogen and oxygen atoms in total. The molecule has 0 bridgehead atoms. The Morgan fingerprint density at radius 1 is 2.00 bits per heavy atom. The summed E-state index contributed by atoms with van der Waals surface area (Å²) in [6.45, 7) is 0.344. The van der Waals surface area contributed by atoms with E-state index in [9.17, 15) is 0 Å². The van der Waals surface area contributed by atoms with Crippen LogP contribution in [0.3, 0.4) is 0 Å². The molecule has 0 spiro atoms. The van der Waals surface area contributed by atoms with Gasteiger partial charge in [0.1, 0.15) is 6.61 Å². The number of hydrogen-bond acceptors (Lipinski definition) is 4. The second-order valence-corrected chi connectivity index (χ2v) is 1.14. The van der Waals surface area contributed by atoms with Crippen molar-refractivity contribution in [1.82, 2.24) is 5.39 Å². The molecule has 0 aromatic carbocycles. The molecule has 37 valence electrons. The van der Waals surface area contributed by atoms with Gasteiger partial charge in [-0.05, 0) is 0 Å². The smallest absolute Gasteiger partial charge is 0.305 e. The number of nitrogens with zero attached hydrogens (tertiary/aromatic N) is 1. The van der Waals surface area contributed by atoms with Gasteiger partial charge in [0.15, 0.2) is 0 Å². The summed E-state index contributed by atoms with van der Waals surface area (Å²) in [4.78, 5) is 4.55. The van der Waals surface area contributed by atoms with Gasteiger partial charge in [-0.3, -0.25) is 0 Å². The van der Waals surface area contributed by atoms with E-state index >= 15 is 0 Å². The van der Waals surface area contributed by atoms with E-state index in [0.29, 0.717) is 12.2 Å². The summed E-state index contributed by atoms with van der Waals surface area (Å²) in [7, 11) is 1.49. The van der Waals surface area contributed by atoms with Crippen LogP contribution in [0.1, 0.15) is 0 Å². The fourth-order valence-electron chi connectivity index (χ4n) is 0.325. The molecule has 1 aliphatic heterocycles. The minimum Gasteiger partial charge on any atom is -0.411 e. The van der Waals surface area contributed by atoms with E-state index in [1.165, 1.54) is 7.41 Å². The molecule has 0 saturated carbocycles. The van der Waals surface area contributed by atoms with E-state index in [4.69, 9.17) is 5.21 Å². The Balaban J connectivity index is 2.41. The van der Waals surface area contributed by atoms with Gasteiger partial charge in [0.25, 0.3) is 0 Å². The highest BCUT2D eigenvalue weighted by Gasteiger charge is 2.09. The first-order valence-electron chi connectivity index (χ1n) is 1.85. The Morgan fingerprint density at radius 2 is 2.86 bits per heavy atom. The molecule has 5 heteroatoms. The quantitative estimate of drug-likeness (QED) is 0.231. The van der Waals surface area contributed by atoms with E-state index in [1.54, 1.807) is 0 Å².